The van der Waals surface area contributed by atoms with Crippen LogP contribution < -0.4 is 15.4 Å². The number of esters is 1. The van der Waals surface area contributed by atoms with Crippen molar-refractivity contribution in [3.05, 3.63) is 59.7 Å². The lowest BCUT2D eigenvalue weighted by Gasteiger charge is -2.20. The van der Waals surface area contributed by atoms with Gasteiger partial charge in [0.1, 0.15) is 6.04 Å². The molecule has 0 heterocycles. The zero-order chi connectivity index (χ0) is 24.9. The van der Waals surface area contributed by atoms with Crippen LogP contribution in [0.15, 0.2) is 53.4 Å². The van der Waals surface area contributed by atoms with Crippen LogP contribution in [0.1, 0.15) is 42.6 Å². The van der Waals surface area contributed by atoms with Gasteiger partial charge in [-0.15, -0.1) is 0 Å². The summed E-state index contributed by atoms with van der Waals surface area (Å²) in [7, 11) is -3.96. The van der Waals surface area contributed by atoms with E-state index in [1.165, 1.54) is 18.2 Å². The highest BCUT2D eigenvalue weighted by Crippen LogP contribution is 2.20. The summed E-state index contributed by atoms with van der Waals surface area (Å²) in [6.45, 7) is 4.57. The first kappa shape index (κ1) is 25.4. The van der Waals surface area contributed by atoms with E-state index >= 15 is 0 Å². The van der Waals surface area contributed by atoms with E-state index < -0.39 is 40.5 Å². The predicted molar refractivity (Wildman–Crippen MR) is 127 cm³/mol. The maximum Gasteiger partial charge on any atom is 0.324 e. The van der Waals surface area contributed by atoms with Crippen LogP contribution in [0.5, 0.6) is 0 Å². The topological polar surface area (TPSA) is 131 Å². The number of carbonyl (C=O) groups excluding carboxylic acids is 3. The summed E-state index contributed by atoms with van der Waals surface area (Å²) < 4.78 is 32.8. The minimum atomic E-state index is -3.96. The Hall–Kier alpha value is -3.24. The summed E-state index contributed by atoms with van der Waals surface area (Å²) in [5.41, 5.74) is 1.69. The molecule has 2 aromatic carbocycles. The molecule has 0 aromatic heterocycles. The van der Waals surface area contributed by atoms with Crippen molar-refractivity contribution in [2.24, 2.45) is 5.92 Å². The lowest BCUT2D eigenvalue weighted by atomic mass is 10.1. The molecule has 182 valence electrons. The standard InChI is InChI=1S/C24H29N3O6S/c1-15(2)22(27-34(31,32)20-11-7-16(3)8-12-20)24(30)33-14-21(28)25-19-6-4-5-17(13-19)23(29)26-18-9-10-18/h4-8,11-13,15,18,22,27H,9-10,14H2,1-3H3,(H,25,28)(H,26,29). The molecule has 0 aliphatic heterocycles. The van der Waals surface area contributed by atoms with Crippen LogP contribution in [0.2, 0.25) is 0 Å². The zero-order valence-corrected chi connectivity index (χ0v) is 20.1. The van der Waals surface area contributed by atoms with E-state index in [0.29, 0.717) is 11.3 Å². The van der Waals surface area contributed by atoms with E-state index in [2.05, 4.69) is 15.4 Å². The Bertz CT molecular complexity index is 1160. The number of rotatable bonds is 10. The number of sulfonamides is 1. The van der Waals surface area contributed by atoms with Crippen LogP contribution in [0.3, 0.4) is 0 Å². The number of nitrogens with one attached hydrogen (secondary N) is 3. The molecule has 0 radical (unpaired) electrons. The highest BCUT2D eigenvalue weighted by Gasteiger charge is 2.30. The van der Waals surface area contributed by atoms with Crippen molar-refractivity contribution in [1.82, 2.24) is 10.0 Å². The molecule has 1 atom stereocenters. The van der Waals surface area contributed by atoms with E-state index in [4.69, 9.17) is 4.74 Å². The number of ether oxygens (including phenoxy) is 1. The Kier molecular flexibility index (Phi) is 8.06. The molecule has 3 N–H and O–H groups in total. The van der Waals surface area contributed by atoms with Crippen LogP contribution in [-0.2, 0) is 24.3 Å². The van der Waals surface area contributed by atoms with Gasteiger partial charge in [-0.3, -0.25) is 14.4 Å². The van der Waals surface area contributed by atoms with Gasteiger partial charge in [0.2, 0.25) is 10.0 Å². The second-order valence-corrected chi connectivity index (χ2v) is 10.4. The van der Waals surface area contributed by atoms with Crippen molar-refractivity contribution in [1.29, 1.82) is 0 Å². The Morgan fingerprint density at radius 1 is 1.06 bits per heavy atom. The molecule has 34 heavy (non-hydrogen) atoms. The summed E-state index contributed by atoms with van der Waals surface area (Å²) in [5, 5.41) is 5.44. The molecule has 10 heteroatoms. The molecule has 1 aliphatic rings. The number of hydrogen-bond donors (Lipinski definition) is 3. The summed E-state index contributed by atoms with van der Waals surface area (Å²) in [4.78, 5) is 37.1. The molecule has 9 nitrogen and oxygen atoms in total. The smallest absolute Gasteiger partial charge is 0.324 e. The van der Waals surface area contributed by atoms with Gasteiger partial charge in [-0.05, 0) is 56.0 Å². The molecule has 0 saturated heterocycles. The second kappa shape index (κ2) is 10.8. The fraction of sp³-hybridized carbons (Fsp3) is 0.375. The lowest BCUT2D eigenvalue weighted by molar-refractivity contribution is -0.150. The number of hydrogen-bond acceptors (Lipinski definition) is 6. The molecule has 0 bridgehead atoms. The van der Waals surface area contributed by atoms with E-state index in [1.807, 2.05) is 6.92 Å². The predicted octanol–water partition coefficient (Wildman–Crippen LogP) is 2.37. The third kappa shape index (κ3) is 7.13. The number of aryl methyl sites for hydroxylation is 1. The molecule has 1 aliphatic carbocycles. The van der Waals surface area contributed by atoms with E-state index in [0.717, 1.165) is 18.4 Å². The quantitative estimate of drug-likeness (QED) is 0.441. The highest BCUT2D eigenvalue weighted by molar-refractivity contribution is 7.89. The van der Waals surface area contributed by atoms with Crippen LogP contribution in [0.4, 0.5) is 5.69 Å². The first-order valence-electron chi connectivity index (χ1n) is 11.0. The molecule has 1 unspecified atom stereocenters. The third-order valence-corrected chi connectivity index (χ3v) is 6.66. The summed E-state index contributed by atoms with van der Waals surface area (Å²) >= 11 is 0. The average molecular weight is 488 g/mol. The molecule has 3 rings (SSSR count). The fourth-order valence-electron chi connectivity index (χ4n) is 3.07. The van der Waals surface area contributed by atoms with Gasteiger partial charge >= 0.3 is 5.97 Å². The largest absolute Gasteiger partial charge is 0.454 e. The maximum absolute atomic E-state index is 12.7. The summed E-state index contributed by atoms with van der Waals surface area (Å²) in [6.07, 6.45) is 1.93. The number of amides is 2. The zero-order valence-electron chi connectivity index (χ0n) is 19.3. The van der Waals surface area contributed by atoms with Gasteiger partial charge in [0.25, 0.3) is 11.8 Å². The maximum atomic E-state index is 12.7. The fourth-order valence-corrected chi connectivity index (χ4v) is 4.40. The van der Waals surface area contributed by atoms with Gasteiger partial charge in [0.15, 0.2) is 6.61 Å². The van der Waals surface area contributed by atoms with Crippen molar-refractivity contribution < 1.29 is 27.5 Å². The van der Waals surface area contributed by atoms with Crippen LogP contribution in [0, 0.1) is 12.8 Å². The van der Waals surface area contributed by atoms with Crippen molar-refractivity contribution in [2.75, 3.05) is 11.9 Å². The van der Waals surface area contributed by atoms with E-state index in [9.17, 15) is 22.8 Å². The first-order chi connectivity index (χ1) is 16.0. The minimum Gasteiger partial charge on any atom is -0.454 e. The third-order valence-electron chi connectivity index (χ3n) is 5.20. The first-order valence-corrected chi connectivity index (χ1v) is 12.5. The monoisotopic (exact) mass is 487 g/mol. The average Bonchev–Trinajstić information content (AvgIpc) is 3.60. The Labute approximate surface area is 199 Å². The molecule has 2 amide bonds. The number of carbonyl (C=O) groups is 3. The van der Waals surface area contributed by atoms with Crippen LogP contribution in [0.25, 0.3) is 0 Å². The van der Waals surface area contributed by atoms with Gasteiger partial charge < -0.3 is 15.4 Å². The molecule has 2 aromatic rings. The van der Waals surface area contributed by atoms with Crippen molar-refractivity contribution in [3.63, 3.8) is 0 Å². The van der Waals surface area contributed by atoms with Crippen LogP contribution in [-0.4, -0.2) is 44.9 Å². The van der Waals surface area contributed by atoms with Crippen molar-refractivity contribution in [2.45, 2.75) is 50.6 Å². The second-order valence-electron chi connectivity index (χ2n) is 8.64. The SMILES string of the molecule is Cc1ccc(S(=O)(=O)NC(C(=O)OCC(=O)Nc2cccc(C(=O)NC3CC3)c2)C(C)C)cc1. The molecule has 0 spiro atoms. The molecule has 1 saturated carbocycles. The summed E-state index contributed by atoms with van der Waals surface area (Å²) in [5.74, 6) is -2.11. The van der Waals surface area contributed by atoms with Gasteiger partial charge in [0, 0.05) is 17.3 Å². The Morgan fingerprint density at radius 3 is 2.35 bits per heavy atom. The normalized spacial score (nSPS) is 14.4. The van der Waals surface area contributed by atoms with E-state index in [-0.39, 0.29) is 16.8 Å². The van der Waals surface area contributed by atoms with Crippen molar-refractivity contribution >= 4 is 33.5 Å². The molecular formula is C24H29N3O6S. The Morgan fingerprint density at radius 2 is 1.74 bits per heavy atom. The Balaban J connectivity index is 1.56. The van der Waals surface area contributed by atoms with E-state index in [1.54, 1.807) is 44.2 Å². The highest BCUT2D eigenvalue weighted by atomic mass is 32.2. The number of benzene rings is 2. The van der Waals surface area contributed by atoms with Crippen molar-refractivity contribution in [3.8, 4) is 0 Å². The number of anilines is 1. The minimum absolute atomic E-state index is 0.0277. The van der Waals surface area contributed by atoms with Gasteiger partial charge in [0.05, 0.1) is 4.90 Å². The van der Waals surface area contributed by atoms with Crippen LogP contribution >= 0.6 is 0 Å². The van der Waals surface area contributed by atoms with Gasteiger partial charge in [-0.1, -0.05) is 37.6 Å². The molecular weight excluding hydrogens is 458 g/mol. The van der Waals surface area contributed by atoms with Gasteiger partial charge in [-0.2, -0.15) is 4.72 Å². The summed E-state index contributed by atoms with van der Waals surface area (Å²) in [6, 6.07) is 11.7. The van der Waals surface area contributed by atoms with Gasteiger partial charge in [-0.25, -0.2) is 8.42 Å². The lowest BCUT2D eigenvalue weighted by Crippen LogP contribution is -2.45. The molecule has 1 fully saturated rings.